The quantitative estimate of drug-likeness (QED) is 0.739. The molecule has 0 atom stereocenters. The van der Waals surface area contributed by atoms with Crippen molar-refractivity contribution in [1.29, 1.82) is 0 Å². The van der Waals surface area contributed by atoms with E-state index in [1.54, 1.807) is 7.11 Å². The van der Waals surface area contributed by atoms with E-state index in [1.807, 2.05) is 6.07 Å². The van der Waals surface area contributed by atoms with Gasteiger partial charge in [0.05, 0.1) is 7.11 Å². The molecule has 1 aromatic rings. The van der Waals surface area contributed by atoms with E-state index in [2.05, 4.69) is 57.0 Å². The lowest BCUT2D eigenvalue weighted by atomic mass is 10.1. The van der Waals surface area contributed by atoms with Gasteiger partial charge in [0.1, 0.15) is 5.75 Å². The summed E-state index contributed by atoms with van der Waals surface area (Å²) in [4.78, 5) is 2.50. The monoisotopic (exact) mass is 278 g/mol. The fourth-order valence-corrected chi connectivity index (χ4v) is 2.59. The Bertz CT molecular complexity index is 394. The van der Waals surface area contributed by atoms with Crippen LogP contribution in [0.2, 0.25) is 0 Å². The zero-order valence-electron chi connectivity index (χ0n) is 13.9. The highest BCUT2D eigenvalue weighted by atomic mass is 16.5. The average Bonchev–Trinajstić information content (AvgIpc) is 2.37. The maximum atomic E-state index is 5.40. The molecular weight excluding hydrogens is 248 g/mol. The normalized spacial score (nSPS) is 11.7. The summed E-state index contributed by atoms with van der Waals surface area (Å²) in [6.45, 7) is 14.0. The second-order valence-electron chi connectivity index (χ2n) is 5.92. The van der Waals surface area contributed by atoms with E-state index in [-0.39, 0.29) is 0 Å². The van der Waals surface area contributed by atoms with Gasteiger partial charge in [-0.15, -0.1) is 0 Å². The summed E-state index contributed by atoms with van der Waals surface area (Å²) in [6, 6.07) is 7.49. The molecule has 1 rings (SSSR count). The number of benzene rings is 1. The largest absolute Gasteiger partial charge is 0.496 e. The first-order valence-corrected chi connectivity index (χ1v) is 7.55. The Morgan fingerprint density at radius 3 is 2.35 bits per heavy atom. The predicted octanol–water partition coefficient (Wildman–Crippen LogP) is 3.21. The predicted molar refractivity (Wildman–Crippen MR) is 86.4 cm³/mol. The third-order valence-corrected chi connectivity index (χ3v) is 3.62. The van der Waals surface area contributed by atoms with Crippen LogP contribution in [0.3, 0.4) is 0 Å². The minimum absolute atomic E-state index is 0.588. The highest BCUT2D eigenvalue weighted by molar-refractivity contribution is 5.36. The molecule has 0 aliphatic heterocycles. The second kappa shape index (κ2) is 8.28. The van der Waals surface area contributed by atoms with Gasteiger partial charge in [-0.1, -0.05) is 17.7 Å². The van der Waals surface area contributed by atoms with Crippen molar-refractivity contribution in [2.24, 2.45) is 0 Å². The Kier molecular flexibility index (Phi) is 7.03. The number of nitrogens with one attached hydrogen (secondary N) is 1. The number of nitrogens with zero attached hydrogens (tertiary/aromatic N) is 1. The van der Waals surface area contributed by atoms with E-state index >= 15 is 0 Å². The van der Waals surface area contributed by atoms with Crippen molar-refractivity contribution < 1.29 is 4.74 Å². The van der Waals surface area contributed by atoms with E-state index in [1.165, 1.54) is 11.1 Å². The number of rotatable bonds is 8. The lowest BCUT2D eigenvalue weighted by Gasteiger charge is -2.30. The van der Waals surface area contributed by atoms with Crippen LogP contribution in [0.5, 0.6) is 5.75 Å². The van der Waals surface area contributed by atoms with Crippen LogP contribution in [-0.4, -0.2) is 37.2 Å². The Morgan fingerprint density at radius 2 is 1.80 bits per heavy atom. The molecule has 0 amide bonds. The molecule has 0 bridgehead atoms. The Morgan fingerprint density at radius 1 is 1.15 bits per heavy atom. The van der Waals surface area contributed by atoms with Crippen LogP contribution < -0.4 is 10.1 Å². The van der Waals surface area contributed by atoms with E-state index in [4.69, 9.17) is 4.74 Å². The molecule has 0 unspecified atom stereocenters. The van der Waals surface area contributed by atoms with Gasteiger partial charge in [-0.3, -0.25) is 4.90 Å². The van der Waals surface area contributed by atoms with E-state index in [0.717, 1.165) is 25.4 Å². The summed E-state index contributed by atoms with van der Waals surface area (Å²) < 4.78 is 5.40. The van der Waals surface area contributed by atoms with Crippen LogP contribution in [0.15, 0.2) is 18.2 Å². The van der Waals surface area contributed by atoms with Crippen molar-refractivity contribution >= 4 is 0 Å². The zero-order valence-corrected chi connectivity index (χ0v) is 13.9. The summed E-state index contributed by atoms with van der Waals surface area (Å²) in [5.74, 6) is 0.965. The Hall–Kier alpha value is -1.06. The molecule has 3 heteroatoms. The first kappa shape index (κ1) is 17.0. The molecule has 0 spiro atoms. The molecule has 20 heavy (non-hydrogen) atoms. The molecule has 0 radical (unpaired) electrons. The number of hydrogen-bond donors (Lipinski definition) is 1. The van der Waals surface area contributed by atoms with E-state index in [0.29, 0.717) is 12.1 Å². The molecule has 0 saturated heterocycles. The summed E-state index contributed by atoms with van der Waals surface area (Å²) in [6.07, 6.45) is 0. The first-order valence-electron chi connectivity index (χ1n) is 7.55. The number of aryl methyl sites for hydroxylation is 1. The van der Waals surface area contributed by atoms with Crippen molar-refractivity contribution in [3.8, 4) is 5.75 Å². The molecule has 1 aromatic carbocycles. The summed E-state index contributed by atoms with van der Waals surface area (Å²) in [5, 5.41) is 3.52. The average molecular weight is 278 g/mol. The lowest BCUT2D eigenvalue weighted by Crippen LogP contribution is -2.41. The standard InChI is InChI=1S/C17H30N2O/c1-13(2)19(14(3)4)10-9-18-12-16-11-15(5)7-8-17(16)20-6/h7-8,11,13-14,18H,9-10,12H2,1-6H3. The first-order chi connectivity index (χ1) is 9.45. The van der Waals surface area contributed by atoms with Gasteiger partial charge in [-0.25, -0.2) is 0 Å². The maximum absolute atomic E-state index is 5.40. The van der Waals surface area contributed by atoms with E-state index < -0.39 is 0 Å². The zero-order chi connectivity index (χ0) is 15.1. The molecule has 0 aromatic heterocycles. The number of methoxy groups -OCH3 is 1. The Labute approximate surface area is 124 Å². The fourth-order valence-electron chi connectivity index (χ4n) is 2.59. The number of ether oxygens (including phenoxy) is 1. The molecule has 1 N–H and O–H groups in total. The van der Waals surface area contributed by atoms with Gasteiger partial charge in [0.25, 0.3) is 0 Å². The van der Waals surface area contributed by atoms with Gasteiger partial charge in [0, 0.05) is 37.3 Å². The van der Waals surface area contributed by atoms with Gasteiger partial charge in [0.15, 0.2) is 0 Å². The smallest absolute Gasteiger partial charge is 0.123 e. The second-order valence-corrected chi connectivity index (χ2v) is 5.92. The van der Waals surface area contributed by atoms with Crippen molar-refractivity contribution in [3.63, 3.8) is 0 Å². The number of hydrogen-bond acceptors (Lipinski definition) is 3. The topological polar surface area (TPSA) is 24.5 Å². The Balaban J connectivity index is 2.46. The van der Waals surface area contributed by atoms with Crippen LogP contribution in [0.1, 0.15) is 38.8 Å². The highest BCUT2D eigenvalue weighted by Crippen LogP contribution is 2.19. The third-order valence-electron chi connectivity index (χ3n) is 3.62. The minimum Gasteiger partial charge on any atom is -0.496 e. The molecule has 0 saturated carbocycles. The fraction of sp³-hybridized carbons (Fsp3) is 0.647. The van der Waals surface area contributed by atoms with Crippen LogP contribution in [0.4, 0.5) is 0 Å². The SMILES string of the molecule is COc1ccc(C)cc1CNCCN(C(C)C)C(C)C. The maximum Gasteiger partial charge on any atom is 0.123 e. The van der Waals surface area contributed by atoms with Crippen molar-refractivity contribution in [2.45, 2.75) is 53.2 Å². The van der Waals surface area contributed by atoms with Gasteiger partial charge >= 0.3 is 0 Å². The van der Waals surface area contributed by atoms with Gasteiger partial charge in [-0.2, -0.15) is 0 Å². The molecule has 0 aliphatic rings. The van der Waals surface area contributed by atoms with Gasteiger partial charge in [-0.05, 0) is 40.7 Å². The van der Waals surface area contributed by atoms with E-state index in [9.17, 15) is 0 Å². The molecular formula is C17H30N2O. The van der Waals surface area contributed by atoms with Crippen molar-refractivity contribution in [3.05, 3.63) is 29.3 Å². The van der Waals surface area contributed by atoms with Crippen LogP contribution in [0, 0.1) is 6.92 Å². The van der Waals surface area contributed by atoms with Crippen molar-refractivity contribution in [2.75, 3.05) is 20.2 Å². The molecule has 3 nitrogen and oxygen atoms in total. The van der Waals surface area contributed by atoms with Gasteiger partial charge in [0.2, 0.25) is 0 Å². The van der Waals surface area contributed by atoms with Crippen LogP contribution >= 0.6 is 0 Å². The molecule has 0 heterocycles. The lowest BCUT2D eigenvalue weighted by molar-refractivity contribution is 0.175. The third kappa shape index (κ3) is 5.14. The molecule has 0 fully saturated rings. The molecule has 114 valence electrons. The molecule has 0 aliphatic carbocycles. The van der Waals surface area contributed by atoms with Crippen LogP contribution in [-0.2, 0) is 6.54 Å². The summed E-state index contributed by atoms with van der Waals surface area (Å²) in [5.41, 5.74) is 2.50. The van der Waals surface area contributed by atoms with Crippen LogP contribution in [0.25, 0.3) is 0 Å². The summed E-state index contributed by atoms with van der Waals surface area (Å²) >= 11 is 0. The highest BCUT2D eigenvalue weighted by Gasteiger charge is 2.12. The van der Waals surface area contributed by atoms with Gasteiger partial charge < -0.3 is 10.1 Å². The summed E-state index contributed by atoms with van der Waals surface area (Å²) in [7, 11) is 1.73. The van der Waals surface area contributed by atoms with Crippen molar-refractivity contribution in [1.82, 2.24) is 10.2 Å². The minimum atomic E-state index is 0.588.